The molecule has 0 aliphatic heterocycles. The molecule has 2 N–H and O–H groups in total. The van der Waals surface area contributed by atoms with E-state index in [0.29, 0.717) is 10.6 Å². The van der Waals surface area contributed by atoms with Crippen molar-refractivity contribution in [1.29, 1.82) is 0 Å². The normalized spacial score (nSPS) is 11.3. The zero-order chi connectivity index (χ0) is 22.3. The second-order valence-electron chi connectivity index (χ2n) is 6.55. The maximum atomic E-state index is 12.1. The molecule has 1 amide bonds. The van der Waals surface area contributed by atoms with Gasteiger partial charge >= 0.3 is 0 Å². The van der Waals surface area contributed by atoms with Crippen LogP contribution in [0.5, 0.6) is 5.75 Å². The first-order valence-electron chi connectivity index (χ1n) is 9.44. The number of fused-ring (bicyclic) bond motifs is 1. The fraction of sp³-hybridized carbons (Fsp3) is 0.0909. The van der Waals surface area contributed by atoms with E-state index in [1.54, 1.807) is 17.8 Å². The molecule has 0 atom stereocenters. The number of nitrogens with one attached hydrogen (secondary N) is 1. The molecule has 0 aliphatic carbocycles. The molecule has 4 aromatic rings. The fourth-order valence-electron chi connectivity index (χ4n) is 2.79. The van der Waals surface area contributed by atoms with Gasteiger partial charge in [-0.15, -0.1) is 10.2 Å². The summed E-state index contributed by atoms with van der Waals surface area (Å²) in [6, 6.07) is 18.8. The number of benzene rings is 3. The van der Waals surface area contributed by atoms with Crippen LogP contribution in [0, 0.1) is 0 Å². The topological polar surface area (TPSA) is 87.5 Å². The Kier molecular flexibility index (Phi) is 7.64. The number of thioether (sulfide) groups is 2. The number of nitrogens with zero attached hydrogens (tertiary/aromatic N) is 3. The van der Waals surface area contributed by atoms with Crippen LogP contribution in [0.15, 0.2) is 74.4 Å². The number of carbonyl (C=O) groups excluding carboxylic acids is 1. The lowest BCUT2D eigenvalue weighted by Crippen LogP contribution is -2.19. The van der Waals surface area contributed by atoms with E-state index in [1.807, 2.05) is 54.6 Å². The first-order chi connectivity index (χ1) is 15.6. The van der Waals surface area contributed by atoms with Crippen molar-refractivity contribution in [3.05, 3.63) is 76.8 Å². The van der Waals surface area contributed by atoms with Gasteiger partial charge in [-0.3, -0.25) is 4.79 Å². The van der Waals surface area contributed by atoms with Crippen LogP contribution in [0.3, 0.4) is 0 Å². The maximum absolute atomic E-state index is 12.1. The van der Waals surface area contributed by atoms with Crippen molar-refractivity contribution in [1.82, 2.24) is 15.6 Å². The highest BCUT2D eigenvalue weighted by molar-refractivity contribution is 8.03. The fourth-order valence-corrected chi connectivity index (χ4v) is 5.68. The minimum absolute atomic E-state index is 0.105. The van der Waals surface area contributed by atoms with Crippen LogP contribution < -0.4 is 5.43 Å². The van der Waals surface area contributed by atoms with Crippen LogP contribution in [0.25, 0.3) is 10.8 Å². The first kappa shape index (κ1) is 22.6. The summed E-state index contributed by atoms with van der Waals surface area (Å²) in [5.41, 5.74) is 4.20. The third kappa shape index (κ3) is 6.01. The number of hydrazone groups is 1. The second kappa shape index (κ2) is 10.8. The Balaban J connectivity index is 1.27. The molecule has 32 heavy (non-hydrogen) atoms. The average molecular weight is 501 g/mol. The molecule has 1 aromatic heterocycles. The van der Waals surface area contributed by atoms with E-state index in [9.17, 15) is 9.90 Å². The Morgan fingerprint density at radius 3 is 2.62 bits per heavy atom. The molecule has 1 heterocycles. The number of carbonyl (C=O) groups is 1. The van der Waals surface area contributed by atoms with Crippen molar-refractivity contribution in [2.24, 2.45) is 5.10 Å². The molecular weight excluding hydrogens is 484 g/mol. The number of rotatable bonds is 8. The molecule has 162 valence electrons. The number of amides is 1. The van der Waals surface area contributed by atoms with E-state index in [0.717, 1.165) is 30.8 Å². The van der Waals surface area contributed by atoms with Crippen molar-refractivity contribution in [2.75, 3.05) is 5.75 Å². The van der Waals surface area contributed by atoms with Gasteiger partial charge in [0.1, 0.15) is 5.75 Å². The molecule has 0 saturated heterocycles. The monoisotopic (exact) mass is 500 g/mol. The largest absolute Gasteiger partial charge is 0.507 e. The summed E-state index contributed by atoms with van der Waals surface area (Å²) in [5, 5.41) is 25.0. The van der Waals surface area contributed by atoms with E-state index in [2.05, 4.69) is 20.7 Å². The average Bonchev–Trinajstić information content (AvgIpc) is 3.27. The summed E-state index contributed by atoms with van der Waals surface area (Å²) in [5.74, 6) is 0.771. The maximum Gasteiger partial charge on any atom is 0.250 e. The summed E-state index contributed by atoms with van der Waals surface area (Å²) in [7, 11) is 0. The molecule has 10 heteroatoms. The van der Waals surface area contributed by atoms with Gasteiger partial charge in [0.05, 0.1) is 12.0 Å². The van der Waals surface area contributed by atoms with E-state index >= 15 is 0 Å². The van der Waals surface area contributed by atoms with Gasteiger partial charge in [-0.25, -0.2) is 5.43 Å². The quantitative estimate of drug-likeness (QED) is 0.186. The SMILES string of the molecule is O=C(CSc1nnc(SCc2ccc(Cl)cc2)s1)N/N=C\c1c(O)ccc2ccccc12. The van der Waals surface area contributed by atoms with Crippen molar-refractivity contribution < 1.29 is 9.90 Å². The van der Waals surface area contributed by atoms with Gasteiger partial charge in [-0.05, 0) is 34.5 Å². The van der Waals surface area contributed by atoms with Crippen molar-refractivity contribution >= 4 is 69.4 Å². The van der Waals surface area contributed by atoms with Crippen molar-refractivity contribution in [2.45, 2.75) is 14.4 Å². The third-order valence-corrected chi connectivity index (χ3v) is 7.83. The molecule has 0 bridgehead atoms. The number of hydrogen-bond donors (Lipinski definition) is 2. The molecule has 0 aliphatic rings. The predicted octanol–water partition coefficient (Wildman–Crippen LogP) is 5.59. The van der Waals surface area contributed by atoms with E-state index in [-0.39, 0.29) is 17.4 Å². The van der Waals surface area contributed by atoms with Gasteiger partial charge in [0.2, 0.25) is 0 Å². The molecule has 0 saturated carbocycles. The van der Waals surface area contributed by atoms with Gasteiger partial charge in [-0.2, -0.15) is 5.10 Å². The molecule has 6 nitrogen and oxygen atoms in total. The summed E-state index contributed by atoms with van der Waals surface area (Å²) >= 11 is 10.2. The summed E-state index contributed by atoms with van der Waals surface area (Å²) in [4.78, 5) is 12.1. The second-order valence-corrected chi connectivity index (χ2v) is 10.4. The highest BCUT2D eigenvalue weighted by Gasteiger charge is 2.09. The Hall–Kier alpha value is -2.59. The van der Waals surface area contributed by atoms with Crippen LogP contribution in [0.1, 0.15) is 11.1 Å². The highest BCUT2D eigenvalue weighted by Crippen LogP contribution is 2.31. The van der Waals surface area contributed by atoms with E-state index < -0.39 is 0 Å². The highest BCUT2D eigenvalue weighted by atomic mass is 35.5. The Morgan fingerprint density at radius 2 is 1.81 bits per heavy atom. The standard InChI is InChI=1S/C22H17ClN4O2S3/c23-16-8-5-14(6-9-16)12-30-21-26-27-22(32-21)31-13-20(29)25-24-11-18-17-4-2-1-3-15(17)7-10-19(18)28/h1-11,28H,12-13H2,(H,25,29)/b24-11-. The molecule has 0 spiro atoms. The van der Waals surface area contributed by atoms with Crippen molar-refractivity contribution in [3.63, 3.8) is 0 Å². The Morgan fingerprint density at radius 1 is 1.06 bits per heavy atom. The summed E-state index contributed by atoms with van der Waals surface area (Å²) in [6.07, 6.45) is 1.46. The lowest BCUT2D eigenvalue weighted by atomic mass is 10.0. The first-order valence-corrected chi connectivity index (χ1v) is 12.6. The summed E-state index contributed by atoms with van der Waals surface area (Å²) < 4.78 is 1.56. The van der Waals surface area contributed by atoms with Gasteiger partial charge < -0.3 is 5.11 Å². The molecule has 4 rings (SSSR count). The number of phenolic OH excluding ortho intramolecular Hbond substituents is 1. The number of halogens is 1. The van der Waals surface area contributed by atoms with Gasteiger partial charge in [0.15, 0.2) is 8.68 Å². The lowest BCUT2D eigenvalue weighted by molar-refractivity contribution is -0.118. The zero-order valence-corrected chi connectivity index (χ0v) is 19.8. The number of phenols is 1. The van der Waals surface area contributed by atoms with Gasteiger partial charge in [-0.1, -0.05) is 88.9 Å². The molecule has 0 fully saturated rings. The van der Waals surface area contributed by atoms with Crippen LogP contribution in [-0.4, -0.2) is 33.2 Å². The van der Waals surface area contributed by atoms with Crippen LogP contribution in [0.4, 0.5) is 0 Å². The number of aromatic nitrogens is 2. The predicted molar refractivity (Wildman–Crippen MR) is 133 cm³/mol. The minimum atomic E-state index is -0.267. The van der Waals surface area contributed by atoms with E-state index in [4.69, 9.17) is 11.6 Å². The van der Waals surface area contributed by atoms with Crippen molar-refractivity contribution in [3.8, 4) is 5.75 Å². The zero-order valence-electron chi connectivity index (χ0n) is 16.6. The molecule has 3 aromatic carbocycles. The molecular formula is C22H17ClN4O2S3. The molecule has 0 unspecified atom stereocenters. The smallest absolute Gasteiger partial charge is 0.250 e. The minimum Gasteiger partial charge on any atom is -0.507 e. The van der Waals surface area contributed by atoms with Crippen LogP contribution >= 0.6 is 46.5 Å². The third-order valence-electron chi connectivity index (χ3n) is 4.32. The van der Waals surface area contributed by atoms with E-state index in [1.165, 1.54) is 29.3 Å². The number of hydrogen-bond acceptors (Lipinski definition) is 8. The summed E-state index contributed by atoms with van der Waals surface area (Å²) in [6.45, 7) is 0. The van der Waals surface area contributed by atoms with Gasteiger partial charge in [0.25, 0.3) is 5.91 Å². The van der Waals surface area contributed by atoms with Crippen LogP contribution in [0.2, 0.25) is 5.02 Å². The Labute approximate surface area is 202 Å². The lowest BCUT2D eigenvalue weighted by Gasteiger charge is -2.04. The van der Waals surface area contributed by atoms with Gasteiger partial charge in [0, 0.05) is 16.3 Å². The number of aromatic hydroxyl groups is 1. The molecule has 0 radical (unpaired) electrons. The Bertz CT molecular complexity index is 1260. The van der Waals surface area contributed by atoms with Crippen LogP contribution in [-0.2, 0) is 10.5 Å².